The van der Waals surface area contributed by atoms with Crippen LogP contribution in [0.25, 0.3) is 0 Å². The second-order valence-corrected chi connectivity index (χ2v) is 9.90. The van der Waals surface area contributed by atoms with E-state index in [2.05, 4.69) is 10.5 Å². The summed E-state index contributed by atoms with van der Waals surface area (Å²) in [6, 6.07) is 14.9. The number of hydrogen-bond donors (Lipinski definition) is 1. The van der Waals surface area contributed by atoms with Crippen molar-refractivity contribution in [2.45, 2.75) is 58.3 Å². The summed E-state index contributed by atoms with van der Waals surface area (Å²) in [5.41, 5.74) is 1.02. The van der Waals surface area contributed by atoms with Crippen LogP contribution in [0.4, 0.5) is 5.69 Å². The Bertz CT molecular complexity index is 1410. The summed E-state index contributed by atoms with van der Waals surface area (Å²) >= 11 is 0. The predicted molar refractivity (Wildman–Crippen MR) is 152 cm³/mol. The number of hydrogen-bond acceptors (Lipinski definition) is 12. The Morgan fingerprint density at radius 1 is 0.886 bits per heavy atom. The minimum Gasteiger partial charge on any atom is -0.492 e. The highest BCUT2D eigenvalue weighted by atomic mass is 16.8. The van der Waals surface area contributed by atoms with Crippen LogP contribution in [-0.4, -0.2) is 85.8 Å². The van der Waals surface area contributed by atoms with Gasteiger partial charge in [-0.25, -0.2) is 0 Å². The van der Waals surface area contributed by atoms with Gasteiger partial charge in [-0.05, 0) is 18.2 Å². The normalized spacial score (nSPS) is 23.4. The number of amides is 2. The number of anilines is 1. The average molecular weight is 612 g/mol. The van der Waals surface area contributed by atoms with Crippen LogP contribution in [0.5, 0.6) is 5.75 Å². The minimum atomic E-state index is -1.47. The molecule has 0 unspecified atom stereocenters. The summed E-state index contributed by atoms with van der Waals surface area (Å²) < 4.78 is 27.7. The van der Waals surface area contributed by atoms with Crippen molar-refractivity contribution in [3.63, 3.8) is 0 Å². The molecule has 2 aliphatic rings. The molecule has 2 heterocycles. The topological polar surface area (TPSA) is 168 Å². The zero-order chi connectivity index (χ0) is 31.8. The lowest BCUT2D eigenvalue weighted by Crippen LogP contribution is -2.66. The predicted octanol–water partition coefficient (Wildman–Crippen LogP) is 1.49. The number of carbonyl (C=O) groups is 5. The van der Waals surface area contributed by atoms with Crippen LogP contribution in [0, 0.1) is 0 Å². The second-order valence-electron chi connectivity index (χ2n) is 9.90. The monoisotopic (exact) mass is 611 g/mol. The summed E-state index contributed by atoms with van der Waals surface area (Å²) in [5.74, 6) is -2.51. The van der Waals surface area contributed by atoms with Crippen LogP contribution in [0.3, 0.4) is 0 Å². The number of nitrogens with one attached hydrogen (secondary N) is 1. The zero-order valence-electron chi connectivity index (χ0n) is 24.6. The molecule has 1 saturated heterocycles. The maximum absolute atomic E-state index is 13.5. The van der Waals surface area contributed by atoms with E-state index in [4.69, 9.17) is 28.5 Å². The number of rotatable bonds is 11. The Balaban J connectivity index is 1.62. The van der Waals surface area contributed by atoms with E-state index in [9.17, 15) is 24.0 Å². The first-order valence-corrected chi connectivity index (χ1v) is 13.8. The van der Waals surface area contributed by atoms with Crippen LogP contribution < -0.4 is 15.0 Å². The highest BCUT2D eigenvalue weighted by Crippen LogP contribution is 2.31. The molecule has 44 heavy (non-hydrogen) atoms. The third-order valence-electron chi connectivity index (χ3n) is 6.54. The minimum absolute atomic E-state index is 0.0480. The molecule has 1 fully saturated rings. The van der Waals surface area contributed by atoms with E-state index in [0.717, 1.165) is 13.8 Å². The van der Waals surface area contributed by atoms with Crippen LogP contribution in [-0.2, 0) is 47.8 Å². The smallest absolute Gasteiger partial charge is 0.303 e. The van der Waals surface area contributed by atoms with E-state index in [1.54, 1.807) is 36.4 Å². The molecule has 0 aromatic heterocycles. The summed E-state index contributed by atoms with van der Waals surface area (Å²) in [4.78, 5) is 68.6. The van der Waals surface area contributed by atoms with E-state index in [-0.39, 0.29) is 18.9 Å². The third kappa shape index (κ3) is 7.89. The summed E-state index contributed by atoms with van der Waals surface area (Å²) in [6.45, 7) is 4.65. The van der Waals surface area contributed by atoms with E-state index >= 15 is 0 Å². The van der Waals surface area contributed by atoms with Gasteiger partial charge in [-0.15, -0.1) is 0 Å². The Morgan fingerprint density at radius 3 is 2.20 bits per heavy atom. The Labute approximate surface area is 253 Å². The van der Waals surface area contributed by atoms with Crippen molar-refractivity contribution in [2.75, 3.05) is 24.7 Å². The van der Waals surface area contributed by atoms with Crippen molar-refractivity contribution in [1.82, 2.24) is 5.32 Å². The summed E-state index contributed by atoms with van der Waals surface area (Å²) in [7, 11) is 0. The standard InChI is InChI=1S/C30H33N3O11/c1-17(34)31-26-28(42-20(4)37)27(41-19(3)36)24(16-40-18(2)35)43-30(26)44-32-25-22-12-8-9-13-23(22)33(29(25)38)14-15-39-21-10-6-5-7-11-21/h5-13,24,26-28,30H,14-16H2,1-4H3,(H,31,34)/b32-25+/t24-,26+,27+,28+,30+/m0/s1. The van der Waals surface area contributed by atoms with Crippen molar-refractivity contribution >= 4 is 41.1 Å². The molecule has 14 nitrogen and oxygen atoms in total. The lowest BCUT2D eigenvalue weighted by atomic mass is 9.96. The van der Waals surface area contributed by atoms with Gasteiger partial charge in [0.05, 0.1) is 12.2 Å². The highest BCUT2D eigenvalue weighted by Gasteiger charge is 2.52. The SMILES string of the molecule is CC(=O)N[C@H]1[C@@H](O/N=C2/C(=O)N(CCOc3ccccc3)c3ccccc32)O[C@@H](COC(C)=O)[C@@H](OC(C)=O)[C@@H]1OC(C)=O. The van der Waals surface area contributed by atoms with E-state index < -0.39 is 67.0 Å². The van der Waals surface area contributed by atoms with Gasteiger partial charge in [0.15, 0.2) is 17.9 Å². The molecule has 2 aliphatic heterocycles. The lowest BCUT2D eigenvalue weighted by molar-refractivity contribution is -0.278. The average Bonchev–Trinajstić information content (AvgIpc) is 3.23. The molecule has 2 aromatic rings. The molecule has 0 aliphatic carbocycles. The molecule has 234 valence electrons. The van der Waals surface area contributed by atoms with Gasteiger partial charge in [0.25, 0.3) is 12.2 Å². The molecule has 4 rings (SSSR count). The van der Waals surface area contributed by atoms with Gasteiger partial charge in [0, 0.05) is 33.3 Å². The largest absolute Gasteiger partial charge is 0.492 e. The van der Waals surface area contributed by atoms with Gasteiger partial charge in [0.1, 0.15) is 31.1 Å². The third-order valence-corrected chi connectivity index (χ3v) is 6.54. The molecule has 0 bridgehead atoms. The number of ether oxygens (including phenoxy) is 5. The zero-order valence-corrected chi connectivity index (χ0v) is 24.6. The van der Waals surface area contributed by atoms with Gasteiger partial charge >= 0.3 is 17.9 Å². The van der Waals surface area contributed by atoms with E-state index in [0.29, 0.717) is 17.0 Å². The summed E-state index contributed by atoms with van der Waals surface area (Å²) in [5, 5.41) is 6.71. The number of fused-ring (bicyclic) bond motifs is 1. The highest BCUT2D eigenvalue weighted by molar-refractivity contribution is 6.54. The quantitative estimate of drug-likeness (QED) is 0.222. The molecule has 0 radical (unpaired) electrons. The van der Waals surface area contributed by atoms with Crippen LogP contribution in [0.15, 0.2) is 59.8 Å². The molecule has 2 amide bonds. The molecule has 14 heteroatoms. The number of carbonyl (C=O) groups excluding carboxylic acids is 5. The first-order chi connectivity index (χ1) is 21.0. The fourth-order valence-electron chi connectivity index (χ4n) is 4.83. The number of benzene rings is 2. The molecule has 0 saturated carbocycles. The fourth-order valence-corrected chi connectivity index (χ4v) is 4.83. The fraction of sp³-hybridized carbons (Fsp3) is 0.400. The van der Waals surface area contributed by atoms with Crippen molar-refractivity contribution in [1.29, 1.82) is 0 Å². The van der Waals surface area contributed by atoms with Gasteiger partial charge in [-0.2, -0.15) is 0 Å². The van der Waals surface area contributed by atoms with Crippen molar-refractivity contribution < 1.29 is 52.5 Å². The maximum Gasteiger partial charge on any atom is 0.303 e. The van der Waals surface area contributed by atoms with Crippen molar-refractivity contribution in [3.8, 4) is 5.75 Å². The number of esters is 3. The number of nitrogens with zero attached hydrogens (tertiary/aromatic N) is 2. The van der Waals surface area contributed by atoms with Crippen LogP contribution in [0.1, 0.15) is 33.3 Å². The molecule has 5 atom stereocenters. The van der Waals surface area contributed by atoms with E-state index in [1.807, 2.05) is 18.2 Å². The van der Waals surface area contributed by atoms with Gasteiger partial charge in [-0.1, -0.05) is 41.6 Å². The van der Waals surface area contributed by atoms with Crippen LogP contribution >= 0.6 is 0 Å². The lowest BCUT2D eigenvalue weighted by Gasteiger charge is -2.43. The van der Waals surface area contributed by atoms with Gasteiger partial charge in [-0.3, -0.25) is 24.0 Å². The van der Waals surface area contributed by atoms with Gasteiger partial charge in [0.2, 0.25) is 5.91 Å². The van der Waals surface area contributed by atoms with Crippen LogP contribution in [0.2, 0.25) is 0 Å². The molecule has 0 spiro atoms. The first-order valence-electron chi connectivity index (χ1n) is 13.8. The van der Waals surface area contributed by atoms with Crippen molar-refractivity contribution in [2.24, 2.45) is 5.16 Å². The Kier molecular flexibility index (Phi) is 10.5. The number of oxime groups is 1. The molecule has 1 N–H and O–H groups in total. The van der Waals surface area contributed by atoms with Crippen molar-refractivity contribution in [3.05, 3.63) is 60.2 Å². The van der Waals surface area contributed by atoms with E-state index in [1.165, 1.54) is 18.7 Å². The maximum atomic E-state index is 13.5. The molecule has 2 aromatic carbocycles. The van der Waals surface area contributed by atoms with Gasteiger partial charge < -0.3 is 38.7 Å². The Morgan fingerprint density at radius 2 is 1.55 bits per heavy atom. The molecular formula is C30H33N3O11. The Hall–Kier alpha value is -4.98. The first kappa shape index (κ1) is 31.9. The second kappa shape index (κ2) is 14.5. The summed E-state index contributed by atoms with van der Waals surface area (Å²) in [6.07, 6.45) is -5.30. The number of para-hydroxylation sites is 2. The molecular weight excluding hydrogens is 578 g/mol.